The highest BCUT2D eigenvalue weighted by atomic mass is 35.5. The van der Waals surface area contributed by atoms with Gasteiger partial charge in [-0.3, -0.25) is 9.69 Å². The van der Waals surface area contributed by atoms with Gasteiger partial charge in [-0.1, -0.05) is 18.2 Å². The normalized spacial score (nSPS) is 21.4. The Morgan fingerprint density at radius 2 is 2.09 bits per heavy atom. The highest BCUT2D eigenvalue weighted by Crippen LogP contribution is 2.27. The summed E-state index contributed by atoms with van der Waals surface area (Å²) >= 11 is 0. The number of rotatable bonds is 4. The lowest BCUT2D eigenvalue weighted by Gasteiger charge is -2.35. The zero-order chi connectivity index (χ0) is 15.4. The molecule has 1 amide bonds. The van der Waals surface area contributed by atoms with E-state index in [1.807, 2.05) is 18.0 Å². The number of nitrogens with one attached hydrogen (secondary N) is 1. The van der Waals surface area contributed by atoms with Crippen molar-refractivity contribution in [2.45, 2.75) is 25.7 Å². The molecule has 1 aromatic carbocycles. The van der Waals surface area contributed by atoms with Gasteiger partial charge in [0.15, 0.2) is 0 Å². The maximum Gasteiger partial charge on any atom is 0.241 e. The number of hydrogen-bond acceptors (Lipinski definition) is 3. The van der Waals surface area contributed by atoms with Crippen LogP contribution in [0.1, 0.15) is 24.8 Å². The molecule has 0 bridgehead atoms. The summed E-state index contributed by atoms with van der Waals surface area (Å²) in [6.45, 7) is 4.58. The van der Waals surface area contributed by atoms with Crippen LogP contribution in [-0.2, 0) is 11.2 Å². The van der Waals surface area contributed by atoms with Gasteiger partial charge in [-0.15, -0.1) is 12.4 Å². The molecule has 1 atom stereocenters. The second kappa shape index (κ2) is 8.67. The lowest BCUT2D eigenvalue weighted by molar-refractivity contribution is -0.120. The SMILES string of the molecule is CNCC1CCCN(CC(=O)N2CCCc3ccccc32)C1.Cl. The highest BCUT2D eigenvalue weighted by molar-refractivity contribution is 5.95. The maximum absolute atomic E-state index is 12.8. The van der Waals surface area contributed by atoms with Gasteiger partial charge in [-0.05, 0) is 63.4 Å². The van der Waals surface area contributed by atoms with Crippen molar-refractivity contribution < 1.29 is 4.79 Å². The number of carbonyl (C=O) groups is 1. The Morgan fingerprint density at radius 3 is 2.91 bits per heavy atom. The number of hydrogen-bond donors (Lipinski definition) is 1. The van der Waals surface area contributed by atoms with E-state index < -0.39 is 0 Å². The number of halogens is 1. The summed E-state index contributed by atoms with van der Waals surface area (Å²) in [6.07, 6.45) is 4.65. The Hall–Kier alpha value is -1.10. The number of aryl methyl sites for hydroxylation is 1. The van der Waals surface area contributed by atoms with Crippen molar-refractivity contribution in [3.8, 4) is 0 Å². The van der Waals surface area contributed by atoms with Gasteiger partial charge in [0.05, 0.1) is 6.54 Å². The summed E-state index contributed by atoms with van der Waals surface area (Å²) in [5, 5.41) is 3.27. The molecule has 4 nitrogen and oxygen atoms in total. The van der Waals surface area contributed by atoms with E-state index in [0.29, 0.717) is 12.5 Å². The summed E-state index contributed by atoms with van der Waals surface area (Å²) in [5.41, 5.74) is 2.44. The van der Waals surface area contributed by atoms with E-state index in [1.54, 1.807) is 0 Å². The van der Waals surface area contributed by atoms with Crippen LogP contribution < -0.4 is 10.2 Å². The first-order chi connectivity index (χ1) is 10.8. The molecular formula is C18H28ClN3O. The second-order valence-corrected chi connectivity index (χ2v) is 6.58. The smallest absolute Gasteiger partial charge is 0.241 e. The number of anilines is 1. The molecule has 2 aliphatic heterocycles. The molecular weight excluding hydrogens is 310 g/mol. The Morgan fingerprint density at radius 1 is 1.26 bits per heavy atom. The van der Waals surface area contributed by atoms with Gasteiger partial charge in [0.2, 0.25) is 5.91 Å². The van der Waals surface area contributed by atoms with Crippen LogP contribution in [0.4, 0.5) is 5.69 Å². The molecule has 0 radical (unpaired) electrons. The van der Waals surface area contributed by atoms with Crippen LogP contribution in [0.25, 0.3) is 0 Å². The molecule has 1 saturated heterocycles. The van der Waals surface area contributed by atoms with Crippen LogP contribution >= 0.6 is 12.4 Å². The third-order valence-corrected chi connectivity index (χ3v) is 4.87. The largest absolute Gasteiger partial charge is 0.319 e. The molecule has 128 valence electrons. The summed E-state index contributed by atoms with van der Waals surface area (Å²) in [4.78, 5) is 17.1. The van der Waals surface area contributed by atoms with E-state index >= 15 is 0 Å². The molecule has 1 fully saturated rings. The van der Waals surface area contributed by atoms with E-state index in [-0.39, 0.29) is 18.3 Å². The number of amides is 1. The molecule has 5 heteroatoms. The number of carbonyl (C=O) groups excluding carboxylic acids is 1. The molecule has 1 N–H and O–H groups in total. The topological polar surface area (TPSA) is 35.6 Å². The van der Waals surface area contributed by atoms with Gasteiger partial charge in [-0.2, -0.15) is 0 Å². The zero-order valence-corrected chi connectivity index (χ0v) is 14.8. The third-order valence-electron chi connectivity index (χ3n) is 4.87. The van der Waals surface area contributed by atoms with Gasteiger partial charge in [0, 0.05) is 18.8 Å². The van der Waals surface area contributed by atoms with Crippen molar-refractivity contribution in [2.24, 2.45) is 5.92 Å². The van der Waals surface area contributed by atoms with E-state index in [1.165, 1.54) is 18.4 Å². The number of piperidine rings is 1. The van der Waals surface area contributed by atoms with Crippen molar-refractivity contribution >= 4 is 24.0 Å². The summed E-state index contributed by atoms with van der Waals surface area (Å²) in [5.74, 6) is 0.942. The number of nitrogens with zero attached hydrogens (tertiary/aromatic N) is 2. The first kappa shape index (κ1) is 18.2. The standard InChI is InChI=1S/C18H27N3O.ClH/c1-19-12-15-6-4-10-20(13-15)14-18(22)21-11-5-8-16-7-2-3-9-17(16)21;/h2-3,7,9,15,19H,4-6,8,10-14H2,1H3;1H. The highest BCUT2D eigenvalue weighted by Gasteiger charge is 2.26. The fraction of sp³-hybridized carbons (Fsp3) is 0.611. The van der Waals surface area contributed by atoms with Crippen LogP contribution in [0, 0.1) is 5.92 Å². The third kappa shape index (κ3) is 4.46. The van der Waals surface area contributed by atoms with Gasteiger partial charge in [0.1, 0.15) is 0 Å². The molecule has 23 heavy (non-hydrogen) atoms. The molecule has 0 aromatic heterocycles. The minimum atomic E-state index is 0. The maximum atomic E-state index is 12.8. The summed E-state index contributed by atoms with van der Waals surface area (Å²) < 4.78 is 0. The van der Waals surface area contributed by atoms with Gasteiger partial charge >= 0.3 is 0 Å². The van der Waals surface area contributed by atoms with Crippen molar-refractivity contribution in [3.63, 3.8) is 0 Å². The van der Waals surface area contributed by atoms with Crippen molar-refractivity contribution in [1.82, 2.24) is 10.2 Å². The monoisotopic (exact) mass is 337 g/mol. The van der Waals surface area contributed by atoms with Crippen LogP contribution in [0.15, 0.2) is 24.3 Å². The molecule has 0 aliphatic carbocycles. The van der Waals surface area contributed by atoms with Crippen LogP contribution in [0.2, 0.25) is 0 Å². The number of likely N-dealkylation sites (tertiary alicyclic amines) is 1. The summed E-state index contributed by atoms with van der Waals surface area (Å²) in [7, 11) is 2.01. The molecule has 1 aromatic rings. The Labute approximate surface area is 145 Å². The Balaban J connectivity index is 0.00000192. The molecule has 2 heterocycles. The molecule has 3 rings (SSSR count). The predicted molar refractivity (Wildman–Crippen MR) is 97.5 cm³/mol. The van der Waals surface area contributed by atoms with E-state index in [9.17, 15) is 4.79 Å². The van der Waals surface area contributed by atoms with E-state index in [0.717, 1.165) is 44.7 Å². The summed E-state index contributed by atoms with van der Waals surface area (Å²) in [6, 6.07) is 8.35. The molecule has 2 aliphatic rings. The van der Waals surface area contributed by atoms with Crippen molar-refractivity contribution in [1.29, 1.82) is 0 Å². The van der Waals surface area contributed by atoms with Gasteiger partial charge < -0.3 is 10.2 Å². The number of para-hydroxylation sites is 1. The Bertz CT molecular complexity index is 521. The lowest BCUT2D eigenvalue weighted by atomic mass is 9.98. The van der Waals surface area contributed by atoms with Gasteiger partial charge in [-0.25, -0.2) is 0 Å². The van der Waals surface area contributed by atoms with Crippen molar-refractivity contribution in [3.05, 3.63) is 29.8 Å². The van der Waals surface area contributed by atoms with Crippen LogP contribution in [-0.4, -0.2) is 50.6 Å². The lowest BCUT2D eigenvalue weighted by Crippen LogP contribution is -2.46. The predicted octanol–water partition coefficient (Wildman–Crippen LogP) is 2.32. The van der Waals surface area contributed by atoms with Crippen LogP contribution in [0.5, 0.6) is 0 Å². The molecule has 1 unspecified atom stereocenters. The first-order valence-electron chi connectivity index (χ1n) is 8.53. The second-order valence-electron chi connectivity index (χ2n) is 6.58. The van der Waals surface area contributed by atoms with Gasteiger partial charge in [0.25, 0.3) is 0 Å². The van der Waals surface area contributed by atoms with E-state index in [4.69, 9.17) is 0 Å². The number of fused-ring (bicyclic) bond motifs is 1. The van der Waals surface area contributed by atoms with Crippen LogP contribution in [0.3, 0.4) is 0 Å². The minimum Gasteiger partial charge on any atom is -0.319 e. The average Bonchev–Trinajstić information content (AvgIpc) is 2.55. The fourth-order valence-corrected chi connectivity index (χ4v) is 3.82. The Kier molecular flexibility index (Phi) is 6.88. The quantitative estimate of drug-likeness (QED) is 0.916. The first-order valence-corrected chi connectivity index (χ1v) is 8.53. The number of benzene rings is 1. The average molecular weight is 338 g/mol. The van der Waals surface area contributed by atoms with Crippen molar-refractivity contribution in [2.75, 3.05) is 44.7 Å². The molecule has 0 saturated carbocycles. The molecule has 0 spiro atoms. The zero-order valence-electron chi connectivity index (χ0n) is 14.0. The van der Waals surface area contributed by atoms with E-state index in [2.05, 4.69) is 28.4 Å². The fourth-order valence-electron chi connectivity index (χ4n) is 3.82. The minimum absolute atomic E-state index is 0.